The Balaban J connectivity index is 1.72. The SMILES string of the molecule is CC(=O)c1cccc(NC(=O)/C=C/c2cc(Cl)c3c(c2)OCCCO3)c1. The van der Waals surface area contributed by atoms with Gasteiger partial charge in [0.25, 0.3) is 0 Å². The zero-order valence-electron chi connectivity index (χ0n) is 14.3. The number of halogens is 1. The number of nitrogens with one attached hydrogen (secondary N) is 1. The van der Waals surface area contributed by atoms with Crippen LogP contribution >= 0.6 is 11.6 Å². The highest BCUT2D eigenvalue weighted by molar-refractivity contribution is 6.32. The lowest BCUT2D eigenvalue weighted by Gasteiger charge is -2.10. The van der Waals surface area contributed by atoms with Gasteiger partial charge in [-0.2, -0.15) is 0 Å². The van der Waals surface area contributed by atoms with Gasteiger partial charge in [-0.25, -0.2) is 0 Å². The second-order valence-electron chi connectivity index (χ2n) is 5.84. The van der Waals surface area contributed by atoms with Crippen LogP contribution in [0, 0.1) is 0 Å². The molecule has 3 rings (SSSR count). The number of Topliss-reactive ketones (excluding diaryl/α,β-unsaturated/α-hetero) is 1. The van der Waals surface area contributed by atoms with E-state index in [9.17, 15) is 9.59 Å². The lowest BCUT2D eigenvalue weighted by molar-refractivity contribution is -0.111. The Kier molecular flexibility index (Phi) is 5.58. The lowest BCUT2D eigenvalue weighted by Crippen LogP contribution is -2.08. The monoisotopic (exact) mass is 371 g/mol. The van der Waals surface area contributed by atoms with Crippen molar-refractivity contribution < 1.29 is 19.1 Å². The second kappa shape index (κ2) is 8.06. The first-order chi connectivity index (χ1) is 12.5. The highest BCUT2D eigenvalue weighted by Crippen LogP contribution is 2.38. The van der Waals surface area contributed by atoms with E-state index in [0.717, 1.165) is 12.0 Å². The first kappa shape index (κ1) is 18.0. The van der Waals surface area contributed by atoms with Gasteiger partial charge in [-0.05, 0) is 42.8 Å². The number of rotatable bonds is 4. The maximum atomic E-state index is 12.1. The third-order valence-electron chi connectivity index (χ3n) is 3.79. The molecule has 0 bridgehead atoms. The third kappa shape index (κ3) is 4.43. The molecule has 1 aliphatic rings. The molecule has 5 nitrogen and oxygen atoms in total. The third-order valence-corrected chi connectivity index (χ3v) is 4.07. The molecule has 1 aliphatic heterocycles. The predicted octanol–water partition coefficient (Wildman–Crippen LogP) is 4.36. The minimum absolute atomic E-state index is 0.0570. The summed E-state index contributed by atoms with van der Waals surface area (Å²) in [5.41, 5.74) is 1.83. The van der Waals surface area contributed by atoms with E-state index in [4.69, 9.17) is 21.1 Å². The number of hydrogen-bond acceptors (Lipinski definition) is 4. The summed E-state index contributed by atoms with van der Waals surface area (Å²) in [6, 6.07) is 10.3. The summed E-state index contributed by atoms with van der Waals surface area (Å²) >= 11 is 6.24. The van der Waals surface area contributed by atoms with Crippen LogP contribution in [-0.4, -0.2) is 24.9 Å². The zero-order valence-corrected chi connectivity index (χ0v) is 15.0. The smallest absolute Gasteiger partial charge is 0.248 e. The van der Waals surface area contributed by atoms with E-state index in [1.165, 1.54) is 13.0 Å². The van der Waals surface area contributed by atoms with Gasteiger partial charge in [-0.1, -0.05) is 23.7 Å². The molecule has 0 unspecified atom stereocenters. The van der Waals surface area contributed by atoms with Gasteiger partial charge in [0.2, 0.25) is 5.91 Å². The van der Waals surface area contributed by atoms with E-state index in [1.807, 2.05) is 0 Å². The molecule has 0 saturated carbocycles. The normalized spacial score (nSPS) is 13.3. The molecular weight excluding hydrogens is 354 g/mol. The van der Waals surface area contributed by atoms with Crippen LogP contribution in [0.1, 0.15) is 29.3 Å². The van der Waals surface area contributed by atoms with Gasteiger partial charge in [0.05, 0.1) is 18.2 Å². The molecule has 1 N–H and O–H groups in total. The molecule has 1 heterocycles. The van der Waals surface area contributed by atoms with Crippen molar-refractivity contribution in [1.82, 2.24) is 0 Å². The van der Waals surface area contributed by atoms with Crippen LogP contribution in [0.25, 0.3) is 6.08 Å². The minimum atomic E-state index is -0.311. The Bertz CT molecular complexity index is 876. The molecule has 0 fully saturated rings. The Hall–Kier alpha value is -2.79. The zero-order chi connectivity index (χ0) is 18.5. The lowest BCUT2D eigenvalue weighted by atomic mass is 10.1. The molecule has 6 heteroatoms. The number of amides is 1. The fraction of sp³-hybridized carbons (Fsp3) is 0.200. The molecule has 0 radical (unpaired) electrons. The topological polar surface area (TPSA) is 64.6 Å². The van der Waals surface area contributed by atoms with Crippen molar-refractivity contribution in [3.05, 3.63) is 58.6 Å². The van der Waals surface area contributed by atoms with Crippen LogP contribution in [0.5, 0.6) is 11.5 Å². The van der Waals surface area contributed by atoms with Crippen molar-refractivity contribution in [1.29, 1.82) is 0 Å². The summed E-state index contributed by atoms with van der Waals surface area (Å²) in [5, 5.41) is 3.17. The van der Waals surface area contributed by atoms with Gasteiger partial charge in [0.1, 0.15) is 0 Å². The number of benzene rings is 2. The van der Waals surface area contributed by atoms with E-state index in [1.54, 1.807) is 42.5 Å². The highest BCUT2D eigenvalue weighted by Gasteiger charge is 2.15. The number of hydrogen-bond donors (Lipinski definition) is 1. The summed E-state index contributed by atoms with van der Waals surface area (Å²) in [6.07, 6.45) is 3.83. The molecule has 0 atom stereocenters. The molecule has 0 spiro atoms. The maximum absolute atomic E-state index is 12.1. The first-order valence-electron chi connectivity index (χ1n) is 8.22. The Morgan fingerprint density at radius 1 is 1.15 bits per heavy atom. The van der Waals surface area contributed by atoms with E-state index in [2.05, 4.69) is 5.32 Å². The van der Waals surface area contributed by atoms with Gasteiger partial charge < -0.3 is 14.8 Å². The Morgan fingerprint density at radius 3 is 2.77 bits per heavy atom. The number of fused-ring (bicyclic) bond motifs is 1. The van der Waals surface area contributed by atoms with Gasteiger partial charge in [-0.15, -0.1) is 0 Å². The molecule has 2 aromatic carbocycles. The molecule has 134 valence electrons. The van der Waals surface area contributed by atoms with Crippen LogP contribution in [-0.2, 0) is 4.79 Å². The second-order valence-corrected chi connectivity index (χ2v) is 6.25. The molecule has 2 aromatic rings. The van der Waals surface area contributed by atoms with Crippen LogP contribution in [0.4, 0.5) is 5.69 Å². The number of carbonyl (C=O) groups excluding carboxylic acids is 2. The number of anilines is 1. The molecular formula is C20H18ClNO4. The quantitative estimate of drug-likeness (QED) is 0.640. The summed E-state index contributed by atoms with van der Waals surface area (Å²) in [7, 11) is 0. The van der Waals surface area contributed by atoms with Gasteiger partial charge >= 0.3 is 0 Å². The van der Waals surface area contributed by atoms with Gasteiger partial charge in [-0.3, -0.25) is 9.59 Å². The number of carbonyl (C=O) groups is 2. The Labute approximate surface area is 156 Å². The van der Waals surface area contributed by atoms with E-state index in [-0.39, 0.29) is 11.7 Å². The highest BCUT2D eigenvalue weighted by atomic mass is 35.5. The van der Waals surface area contributed by atoms with Crippen molar-refractivity contribution in [3.63, 3.8) is 0 Å². The van der Waals surface area contributed by atoms with Crippen molar-refractivity contribution in [2.75, 3.05) is 18.5 Å². The van der Waals surface area contributed by atoms with E-state index < -0.39 is 0 Å². The maximum Gasteiger partial charge on any atom is 0.248 e. The first-order valence-corrected chi connectivity index (χ1v) is 8.60. The summed E-state index contributed by atoms with van der Waals surface area (Å²) < 4.78 is 11.2. The fourth-order valence-electron chi connectivity index (χ4n) is 2.52. The molecule has 0 aliphatic carbocycles. The van der Waals surface area contributed by atoms with Gasteiger partial charge in [0.15, 0.2) is 17.3 Å². The predicted molar refractivity (Wildman–Crippen MR) is 101 cm³/mol. The van der Waals surface area contributed by atoms with Crippen LogP contribution in [0.15, 0.2) is 42.5 Å². The largest absolute Gasteiger partial charge is 0.489 e. The van der Waals surface area contributed by atoms with Crippen molar-refractivity contribution in [2.24, 2.45) is 0 Å². The summed E-state index contributed by atoms with van der Waals surface area (Å²) in [5.74, 6) is 0.739. The minimum Gasteiger partial charge on any atom is -0.489 e. The van der Waals surface area contributed by atoms with Crippen molar-refractivity contribution in [2.45, 2.75) is 13.3 Å². The van der Waals surface area contributed by atoms with Crippen molar-refractivity contribution in [3.8, 4) is 11.5 Å². The molecule has 26 heavy (non-hydrogen) atoms. The van der Waals surface area contributed by atoms with Crippen LogP contribution < -0.4 is 14.8 Å². The summed E-state index contributed by atoms with van der Waals surface area (Å²) in [6.45, 7) is 2.60. The Morgan fingerprint density at radius 2 is 1.96 bits per heavy atom. The number of ketones is 1. The van der Waals surface area contributed by atoms with Crippen molar-refractivity contribution >= 4 is 35.1 Å². The standard InChI is InChI=1S/C20H18ClNO4/c1-13(23)15-4-2-5-16(12-15)22-19(24)7-6-14-10-17(21)20-18(11-14)25-8-3-9-26-20/h2,4-7,10-12H,3,8-9H2,1H3,(H,22,24)/b7-6+. The van der Waals surface area contributed by atoms with Crippen LogP contribution in [0.2, 0.25) is 5.02 Å². The number of ether oxygens (including phenoxy) is 2. The average molecular weight is 372 g/mol. The van der Waals surface area contributed by atoms with E-state index >= 15 is 0 Å². The van der Waals surface area contributed by atoms with E-state index in [0.29, 0.717) is 41.0 Å². The summed E-state index contributed by atoms with van der Waals surface area (Å²) in [4.78, 5) is 23.5. The molecule has 1 amide bonds. The average Bonchev–Trinajstić information content (AvgIpc) is 2.86. The fourth-order valence-corrected chi connectivity index (χ4v) is 2.79. The van der Waals surface area contributed by atoms with Gasteiger partial charge in [0, 0.05) is 23.7 Å². The molecule has 0 aromatic heterocycles. The molecule has 0 saturated heterocycles. The van der Waals surface area contributed by atoms with Crippen LogP contribution in [0.3, 0.4) is 0 Å².